The minimum Gasteiger partial charge on any atom is -0.324 e. The Morgan fingerprint density at radius 3 is 2.67 bits per heavy atom. The zero-order valence-electron chi connectivity index (χ0n) is 14.8. The van der Waals surface area contributed by atoms with Crippen LogP contribution in [0.25, 0.3) is 6.08 Å². The molecular formula is C20H17ClN2O3S. The number of imide groups is 1. The number of rotatable bonds is 4. The second-order valence-corrected chi connectivity index (χ2v) is 7.56. The van der Waals surface area contributed by atoms with Crippen molar-refractivity contribution in [2.75, 3.05) is 11.9 Å². The molecule has 1 heterocycles. The van der Waals surface area contributed by atoms with Crippen LogP contribution in [0.15, 0.2) is 47.4 Å². The Hall–Kier alpha value is -2.57. The Morgan fingerprint density at radius 1 is 1.19 bits per heavy atom. The third-order valence-electron chi connectivity index (χ3n) is 4.03. The van der Waals surface area contributed by atoms with Crippen molar-refractivity contribution < 1.29 is 14.4 Å². The van der Waals surface area contributed by atoms with Crippen LogP contribution >= 0.6 is 23.4 Å². The molecule has 1 aliphatic heterocycles. The molecule has 0 aromatic heterocycles. The SMILES string of the molecule is Cc1ccc(C)c(NC(=O)CN2C(=O)S/C(=C/c3ccccc3Cl)C2=O)c1. The van der Waals surface area contributed by atoms with Gasteiger partial charge in [0, 0.05) is 10.7 Å². The van der Waals surface area contributed by atoms with Crippen LogP contribution in [0.2, 0.25) is 5.02 Å². The van der Waals surface area contributed by atoms with Crippen LogP contribution in [0.1, 0.15) is 16.7 Å². The van der Waals surface area contributed by atoms with Gasteiger partial charge in [-0.05, 0) is 60.5 Å². The van der Waals surface area contributed by atoms with Crippen LogP contribution in [0.5, 0.6) is 0 Å². The summed E-state index contributed by atoms with van der Waals surface area (Å²) in [7, 11) is 0. The topological polar surface area (TPSA) is 66.5 Å². The Morgan fingerprint density at radius 2 is 1.93 bits per heavy atom. The van der Waals surface area contributed by atoms with E-state index in [1.807, 2.05) is 32.0 Å². The third-order valence-corrected chi connectivity index (χ3v) is 5.29. The molecule has 0 bridgehead atoms. The molecule has 27 heavy (non-hydrogen) atoms. The lowest BCUT2D eigenvalue weighted by molar-refractivity contribution is -0.127. The predicted octanol–water partition coefficient (Wildman–Crippen LogP) is 4.63. The maximum atomic E-state index is 12.5. The fraction of sp³-hybridized carbons (Fsp3) is 0.150. The molecule has 2 aromatic carbocycles. The molecule has 1 fully saturated rings. The van der Waals surface area contributed by atoms with E-state index in [9.17, 15) is 14.4 Å². The van der Waals surface area contributed by atoms with E-state index in [1.165, 1.54) is 0 Å². The lowest BCUT2D eigenvalue weighted by atomic mass is 10.1. The van der Waals surface area contributed by atoms with E-state index in [4.69, 9.17) is 11.6 Å². The van der Waals surface area contributed by atoms with Gasteiger partial charge in [0.25, 0.3) is 11.1 Å². The van der Waals surface area contributed by atoms with Crippen molar-refractivity contribution in [3.63, 3.8) is 0 Å². The highest BCUT2D eigenvalue weighted by Crippen LogP contribution is 2.33. The molecule has 3 amide bonds. The maximum absolute atomic E-state index is 12.5. The molecule has 0 saturated carbocycles. The highest BCUT2D eigenvalue weighted by atomic mass is 35.5. The lowest BCUT2D eigenvalue weighted by Crippen LogP contribution is -2.36. The van der Waals surface area contributed by atoms with Crippen LogP contribution in [0, 0.1) is 13.8 Å². The number of carbonyl (C=O) groups excluding carboxylic acids is 3. The Kier molecular flexibility index (Phi) is 5.68. The van der Waals surface area contributed by atoms with Crippen LogP contribution in [0.3, 0.4) is 0 Å². The van der Waals surface area contributed by atoms with Crippen LogP contribution in [-0.4, -0.2) is 28.5 Å². The summed E-state index contributed by atoms with van der Waals surface area (Å²) in [5.74, 6) is -0.925. The molecule has 0 atom stereocenters. The van der Waals surface area contributed by atoms with Gasteiger partial charge in [-0.25, -0.2) is 0 Å². The minimum absolute atomic E-state index is 0.243. The Labute approximate surface area is 166 Å². The molecule has 5 nitrogen and oxygen atoms in total. The van der Waals surface area contributed by atoms with Crippen LogP contribution < -0.4 is 5.32 Å². The largest absolute Gasteiger partial charge is 0.324 e. The Balaban J connectivity index is 1.73. The first kappa shape index (κ1) is 19.2. The molecule has 2 aromatic rings. The van der Waals surface area contributed by atoms with Crippen molar-refractivity contribution in [1.29, 1.82) is 0 Å². The summed E-state index contributed by atoms with van der Waals surface area (Å²) in [4.78, 5) is 38.2. The first-order valence-electron chi connectivity index (χ1n) is 8.22. The zero-order valence-corrected chi connectivity index (χ0v) is 16.4. The summed E-state index contributed by atoms with van der Waals surface area (Å²) < 4.78 is 0. The molecule has 7 heteroatoms. The second-order valence-electron chi connectivity index (χ2n) is 6.16. The van der Waals surface area contributed by atoms with Crippen molar-refractivity contribution in [3.05, 3.63) is 69.1 Å². The maximum Gasteiger partial charge on any atom is 0.294 e. The monoisotopic (exact) mass is 400 g/mol. The predicted molar refractivity (Wildman–Crippen MR) is 109 cm³/mol. The van der Waals surface area contributed by atoms with Gasteiger partial charge >= 0.3 is 0 Å². The van der Waals surface area contributed by atoms with E-state index in [-0.39, 0.29) is 11.4 Å². The van der Waals surface area contributed by atoms with Gasteiger partial charge in [-0.2, -0.15) is 0 Å². The molecule has 0 aliphatic carbocycles. The number of nitrogens with one attached hydrogen (secondary N) is 1. The number of thioether (sulfide) groups is 1. The quantitative estimate of drug-likeness (QED) is 0.759. The van der Waals surface area contributed by atoms with Crippen molar-refractivity contribution in [2.24, 2.45) is 0 Å². The lowest BCUT2D eigenvalue weighted by Gasteiger charge is -2.14. The highest BCUT2D eigenvalue weighted by Gasteiger charge is 2.36. The molecule has 3 rings (SSSR count). The second kappa shape index (κ2) is 7.98. The summed E-state index contributed by atoms with van der Waals surface area (Å²) in [5.41, 5.74) is 3.22. The van der Waals surface area contributed by atoms with E-state index >= 15 is 0 Å². The van der Waals surface area contributed by atoms with Crippen LogP contribution in [-0.2, 0) is 9.59 Å². The van der Waals surface area contributed by atoms with E-state index < -0.39 is 17.1 Å². The van der Waals surface area contributed by atoms with Crippen molar-refractivity contribution in [3.8, 4) is 0 Å². The molecule has 0 spiro atoms. The summed E-state index contributed by atoms with van der Waals surface area (Å²) in [6.45, 7) is 3.46. The first-order chi connectivity index (χ1) is 12.8. The Bertz CT molecular complexity index is 971. The van der Waals surface area contributed by atoms with Gasteiger partial charge in [-0.3, -0.25) is 19.3 Å². The van der Waals surface area contributed by atoms with Crippen molar-refractivity contribution in [1.82, 2.24) is 4.90 Å². The van der Waals surface area contributed by atoms with Gasteiger partial charge in [0.15, 0.2) is 0 Å². The average molecular weight is 401 g/mol. The summed E-state index contributed by atoms with van der Waals surface area (Å²) in [6.07, 6.45) is 1.57. The van der Waals surface area contributed by atoms with Crippen LogP contribution in [0.4, 0.5) is 10.5 Å². The number of nitrogens with zero attached hydrogens (tertiary/aromatic N) is 1. The molecule has 0 unspecified atom stereocenters. The number of anilines is 1. The number of aryl methyl sites for hydroxylation is 2. The smallest absolute Gasteiger partial charge is 0.294 e. The van der Waals surface area contributed by atoms with Gasteiger partial charge in [0.05, 0.1) is 4.91 Å². The zero-order chi connectivity index (χ0) is 19.6. The molecule has 138 valence electrons. The van der Waals surface area contributed by atoms with Gasteiger partial charge in [0.1, 0.15) is 6.54 Å². The number of benzene rings is 2. The van der Waals surface area contributed by atoms with Gasteiger partial charge < -0.3 is 5.32 Å². The molecule has 1 N–H and O–H groups in total. The summed E-state index contributed by atoms with van der Waals surface area (Å²) >= 11 is 6.90. The molecule has 1 aliphatic rings. The average Bonchev–Trinajstić information content (AvgIpc) is 2.87. The summed E-state index contributed by atoms with van der Waals surface area (Å²) in [6, 6.07) is 12.7. The summed E-state index contributed by atoms with van der Waals surface area (Å²) in [5, 5.41) is 2.76. The fourth-order valence-corrected chi connectivity index (χ4v) is 3.59. The first-order valence-corrected chi connectivity index (χ1v) is 9.41. The highest BCUT2D eigenvalue weighted by molar-refractivity contribution is 8.18. The number of hydrogen-bond donors (Lipinski definition) is 1. The van der Waals surface area contributed by atoms with E-state index in [0.717, 1.165) is 27.8 Å². The standard InChI is InChI=1S/C20H17ClN2O3S/c1-12-7-8-13(2)16(9-12)22-18(24)11-23-19(25)17(27-20(23)26)10-14-5-3-4-6-15(14)21/h3-10H,11H2,1-2H3,(H,22,24)/b17-10+. The molecular weight excluding hydrogens is 384 g/mol. The fourth-order valence-electron chi connectivity index (χ4n) is 2.57. The third kappa shape index (κ3) is 4.40. The van der Waals surface area contributed by atoms with Crippen molar-refractivity contribution >= 4 is 52.2 Å². The van der Waals surface area contributed by atoms with Gasteiger partial charge in [0.2, 0.25) is 5.91 Å². The number of halogens is 1. The normalized spacial score (nSPS) is 15.5. The molecule has 1 saturated heterocycles. The number of carbonyl (C=O) groups is 3. The minimum atomic E-state index is -0.499. The van der Waals surface area contributed by atoms with E-state index in [2.05, 4.69) is 5.32 Å². The van der Waals surface area contributed by atoms with Gasteiger partial charge in [-0.15, -0.1) is 0 Å². The van der Waals surface area contributed by atoms with Crippen molar-refractivity contribution in [2.45, 2.75) is 13.8 Å². The van der Waals surface area contributed by atoms with E-state index in [0.29, 0.717) is 16.3 Å². The number of hydrogen-bond acceptors (Lipinski definition) is 4. The molecule has 0 radical (unpaired) electrons. The van der Waals surface area contributed by atoms with E-state index in [1.54, 1.807) is 30.3 Å². The van der Waals surface area contributed by atoms with Gasteiger partial charge in [-0.1, -0.05) is 41.9 Å². The number of amides is 3.